The van der Waals surface area contributed by atoms with Crippen LogP contribution in [0.3, 0.4) is 0 Å². The third-order valence-electron chi connectivity index (χ3n) is 2.29. The molecule has 0 aliphatic heterocycles. The third-order valence-corrected chi connectivity index (χ3v) is 2.29. The highest BCUT2D eigenvalue weighted by molar-refractivity contribution is 5.80. The summed E-state index contributed by atoms with van der Waals surface area (Å²) in [6.07, 6.45) is 0. The maximum atomic E-state index is 13.4. The summed E-state index contributed by atoms with van der Waals surface area (Å²) < 4.78 is 26.6. The number of carbonyl (C=O) groups is 1. The first-order valence-electron chi connectivity index (χ1n) is 5.98. The fraction of sp³-hybridized carbons (Fsp3) is 0.500. The molecule has 5 nitrogen and oxygen atoms in total. The van der Waals surface area contributed by atoms with Gasteiger partial charge in [0.2, 0.25) is 5.91 Å². The highest BCUT2D eigenvalue weighted by Gasteiger charge is 2.11. The van der Waals surface area contributed by atoms with Gasteiger partial charge in [-0.25, -0.2) is 13.8 Å². The molecule has 19 heavy (non-hydrogen) atoms. The molecule has 3 N–H and O–H groups in total. The van der Waals surface area contributed by atoms with E-state index < -0.39 is 11.6 Å². The van der Waals surface area contributed by atoms with E-state index in [2.05, 4.69) is 20.9 Å². The van der Waals surface area contributed by atoms with Gasteiger partial charge in [-0.15, -0.1) is 0 Å². The largest absolute Gasteiger partial charge is 0.371 e. The van der Waals surface area contributed by atoms with Gasteiger partial charge in [-0.3, -0.25) is 4.79 Å². The normalized spacial score (nSPS) is 10.4. The van der Waals surface area contributed by atoms with Crippen LogP contribution in [0.5, 0.6) is 0 Å². The Morgan fingerprint density at radius 1 is 1.32 bits per heavy atom. The Balaban J connectivity index is 2.60. The molecule has 106 valence electrons. The number of hydrogen-bond donors (Lipinski definition) is 3. The zero-order chi connectivity index (χ0) is 14.4. The molecule has 0 radical (unpaired) electrons. The molecular formula is C12H18F2N4O. The van der Waals surface area contributed by atoms with Gasteiger partial charge in [0.1, 0.15) is 0 Å². The molecule has 0 saturated heterocycles. The van der Waals surface area contributed by atoms with E-state index >= 15 is 0 Å². The second-order valence-corrected chi connectivity index (χ2v) is 4.45. The zero-order valence-electron chi connectivity index (χ0n) is 11.2. The number of aromatic nitrogens is 1. The van der Waals surface area contributed by atoms with Gasteiger partial charge in [-0.05, 0) is 5.92 Å². The number of amides is 1. The summed E-state index contributed by atoms with van der Waals surface area (Å²) in [5, 5.41) is 7.70. The van der Waals surface area contributed by atoms with Crippen LogP contribution in [0.15, 0.2) is 6.07 Å². The Morgan fingerprint density at radius 2 is 1.95 bits per heavy atom. The maximum absolute atomic E-state index is 13.4. The molecule has 1 aromatic rings. The molecule has 0 saturated carbocycles. The Bertz CT molecular complexity index is 452. The van der Waals surface area contributed by atoms with Crippen molar-refractivity contribution >= 4 is 17.5 Å². The molecular weight excluding hydrogens is 254 g/mol. The molecule has 0 atom stereocenters. The van der Waals surface area contributed by atoms with E-state index in [0.29, 0.717) is 18.5 Å². The quantitative estimate of drug-likeness (QED) is 0.735. The lowest BCUT2D eigenvalue weighted by Gasteiger charge is -2.10. The van der Waals surface area contributed by atoms with Crippen LogP contribution in [-0.2, 0) is 4.79 Å². The second kappa shape index (κ2) is 6.86. The van der Waals surface area contributed by atoms with Crippen LogP contribution in [0, 0.1) is 17.6 Å². The van der Waals surface area contributed by atoms with Crippen molar-refractivity contribution in [1.82, 2.24) is 10.3 Å². The topological polar surface area (TPSA) is 66.0 Å². The van der Waals surface area contributed by atoms with E-state index in [0.717, 1.165) is 0 Å². The van der Waals surface area contributed by atoms with E-state index in [-0.39, 0.29) is 24.1 Å². The molecule has 0 bridgehead atoms. The smallest absolute Gasteiger partial charge is 0.239 e. The summed E-state index contributed by atoms with van der Waals surface area (Å²) in [6.45, 7) is 4.36. The summed E-state index contributed by atoms with van der Waals surface area (Å²) in [4.78, 5) is 15.1. The Morgan fingerprint density at radius 3 is 2.53 bits per heavy atom. The molecule has 0 fully saturated rings. The molecule has 0 aliphatic rings. The number of carbonyl (C=O) groups excluding carboxylic acids is 1. The lowest BCUT2D eigenvalue weighted by Crippen LogP contribution is -2.32. The van der Waals surface area contributed by atoms with Gasteiger partial charge >= 0.3 is 0 Å². The van der Waals surface area contributed by atoms with Gasteiger partial charge in [0.15, 0.2) is 23.3 Å². The molecule has 0 unspecified atom stereocenters. The summed E-state index contributed by atoms with van der Waals surface area (Å²) in [5.41, 5.74) is 0. The maximum Gasteiger partial charge on any atom is 0.239 e. The van der Waals surface area contributed by atoms with Gasteiger partial charge in [0.05, 0.1) is 6.54 Å². The van der Waals surface area contributed by atoms with E-state index in [1.807, 2.05) is 13.8 Å². The van der Waals surface area contributed by atoms with Gasteiger partial charge in [-0.1, -0.05) is 13.8 Å². The number of nitrogens with zero attached hydrogens (tertiary/aromatic N) is 1. The number of nitrogens with one attached hydrogen (secondary N) is 3. The van der Waals surface area contributed by atoms with Crippen LogP contribution in [0.25, 0.3) is 0 Å². The summed E-state index contributed by atoms with van der Waals surface area (Å²) in [6, 6.07) is 0.715. The number of rotatable bonds is 6. The van der Waals surface area contributed by atoms with E-state index in [4.69, 9.17) is 0 Å². The molecule has 0 aliphatic carbocycles. The molecule has 1 amide bonds. The van der Waals surface area contributed by atoms with Crippen molar-refractivity contribution in [2.45, 2.75) is 13.8 Å². The Kier molecular flexibility index (Phi) is 5.47. The molecule has 1 heterocycles. The van der Waals surface area contributed by atoms with Gasteiger partial charge in [0, 0.05) is 19.7 Å². The second-order valence-electron chi connectivity index (χ2n) is 4.45. The molecule has 7 heteroatoms. The average Bonchev–Trinajstić information content (AvgIpc) is 2.35. The van der Waals surface area contributed by atoms with Crippen molar-refractivity contribution in [2.24, 2.45) is 5.92 Å². The zero-order valence-corrected chi connectivity index (χ0v) is 11.2. The van der Waals surface area contributed by atoms with Crippen molar-refractivity contribution in [3.63, 3.8) is 0 Å². The van der Waals surface area contributed by atoms with Crippen molar-refractivity contribution in [3.05, 3.63) is 17.7 Å². The number of hydrogen-bond acceptors (Lipinski definition) is 4. The van der Waals surface area contributed by atoms with Crippen LogP contribution in [0.4, 0.5) is 20.4 Å². The highest BCUT2D eigenvalue weighted by atomic mass is 19.1. The molecule has 0 spiro atoms. The van der Waals surface area contributed by atoms with Crippen LogP contribution in [0.1, 0.15) is 13.8 Å². The predicted octanol–water partition coefficient (Wildman–Crippen LogP) is 1.59. The first-order chi connectivity index (χ1) is 8.93. The van der Waals surface area contributed by atoms with Crippen molar-refractivity contribution < 1.29 is 13.6 Å². The first-order valence-corrected chi connectivity index (χ1v) is 5.98. The number of halogens is 2. The molecule has 0 aromatic carbocycles. The van der Waals surface area contributed by atoms with Gasteiger partial charge in [-0.2, -0.15) is 0 Å². The van der Waals surface area contributed by atoms with Gasteiger partial charge in [0.25, 0.3) is 0 Å². The minimum atomic E-state index is -0.840. The van der Waals surface area contributed by atoms with E-state index in [1.54, 1.807) is 0 Å². The Hall–Kier alpha value is -1.92. The molecule has 1 rings (SSSR count). The highest BCUT2D eigenvalue weighted by Crippen LogP contribution is 2.18. The first kappa shape index (κ1) is 15.1. The van der Waals surface area contributed by atoms with Gasteiger partial charge < -0.3 is 16.0 Å². The summed E-state index contributed by atoms with van der Waals surface area (Å²) in [5.74, 6) is -1.80. The van der Waals surface area contributed by atoms with E-state index in [9.17, 15) is 13.6 Å². The SMILES string of the molecule is CNc1nc(NCC(=O)NCC(C)C)c(F)cc1F. The van der Waals surface area contributed by atoms with E-state index in [1.165, 1.54) is 7.05 Å². The van der Waals surface area contributed by atoms with Crippen LogP contribution >= 0.6 is 0 Å². The summed E-state index contributed by atoms with van der Waals surface area (Å²) >= 11 is 0. The monoisotopic (exact) mass is 272 g/mol. The van der Waals surface area contributed by atoms with Crippen LogP contribution in [-0.4, -0.2) is 31.0 Å². The third kappa shape index (κ3) is 4.69. The fourth-order valence-electron chi connectivity index (χ4n) is 1.31. The lowest BCUT2D eigenvalue weighted by atomic mass is 10.2. The van der Waals surface area contributed by atoms with Crippen molar-refractivity contribution in [1.29, 1.82) is 0 Å². The average molecular weight is 272 g/mol. The number of pyridine rings is 1. The fourth-order valence-corrected chi connectivity index (χ4v) is 1.31. The van der Waals surface area contributed by atoms with Crippen molar-refractivity contribution in [3.8, 4) is 0 Å². The standard InChI is InChI=1S/C12H18F2N4O/c1-7(2)5-16-10(19)6-17-12-9(14)4-8(13)11(15-3)18-12/h4,7H,5-6H2,1-3H3,(H,16,19)(H2,15,17,18). The Labute approximate surface area is 110 Å². The predicted molar refractivity (Wildman–Crippen MR) is 70.0 cm³/mol. The molecule has 1 aromatic heterocycles. The van der Waals surface area contributed by atoms with Crippen LogP contribution in [0.2, 0.25) is 0 Å². The van der Waals surface area contributed by atoms with Crippen molar-refractivity contribution in [2.75, 3.05) is 30.8 Å². The minimum Gasteiger partial charge on any atom is -0.371 e. The number of anilines is 2. The lowest BCUT2D eigenvalue weighted by molar-refractivity contribution is -0.119. The van der Waals surface area contributed by atoms with Crippen LogP contribution < -0.4 is 16.0 Å². The summed E-state index contributed by atoms with van der Waals surface area (Å²) in [7, 11) is 1.47. The minimum absolute atomic E-state index is 0.0773.